The zero-order valence-electron chi connectivity index (χ0n) is 24.5. The number of nitrogens with zero attached hydrogens (tertiary/aromatic N) is 3. The molecule has 248 valence electrons. The van der Waals surface area contributed by atoms with Crippen LogP contribution in [0.1, 0.15) is 64.7 Å². The lowest BCUT2D eigenvalue weighted by atomic mass is 9.79. The number of hydrogen-bond acceptors (Lipinski definition) is 6. The lowest BCUT2D eigenvalue weighted by Gasteiger charge is -2.51. The number of aromatic nitrogens is 1. The van der Waals surface area contributed by atoms with Gasteiger partial charge < -0.3 is 19.6 Å². The van der Waals surface area contributed by atoms with Crippen molar-refractivity contribution in [3.8, 4) is 5.75 Å². The molecule has 2 aliphatic rings. The minimum Gasteiger partial charge on any atom is -0.474 e. The van der Waals surface area contributed by atoms with E-state index >= 15 is 0 Å². The number of hydrogen-bond donors (Lipinski definition) is 1. The highest BCUT2D eigenvalue weighted by Gasteiger charge is 2.57. The first-order chi connectivity index (χ1) is 21.7. The number of alkyl halides is 6. The SMILES string of the molecule is CCC[C@H]1N(C(=O)c2ncccc2C(F)(F)F)CCC[C@@]1(Oc1csc(C(F)(F)F)c1)C(=O)N1Cc2ccc(Cl)cc2C[C@@H]1CO. The number of piperidine rings is 1. The van der Waals surface area contributed by atoms with E-state index in [1.165, 1.54) is 4.90 Å². The summed E-state index contributed by atoms with van der Waals surface area (Å²) in [7, 11) is 0. The van der Waals surface area contributed by atoms with Crippen LogP contribution in [0.5, 0.6) is 5.75 Å². The second kappa shape index (κ2) is 13.0. The number of fused-ring (bicyclic) bond motifs is 1. The van der Waals surface area contributed by atoms with Crippen LogP contribution in [-0.4, -0.2) is 62.5 Å². The van der Waals surface area contributed by atoms with Gasteiger partial charge in [0, 0.05) is 42.2 Å². The van der Waals surface area contributed by atoms with Crippen LogP contribution in [0.4, 0.5) is 26.3 Å². The van der Waals surface area contributed by atoms with Crippen molar-refractivity contribution in [3.63, 3.8) is 0 Å². The Balaban J connectivity index is 1.63. The smallest absolute Gasteiger partial charge is 0.425 e. The Labute approximate surface area is 269 Å². The van der Waals surface area contributed by atoms with E-state index < -0.39 is 64.6 Å². The molecule has 7 nitrogen and oxygen atoms in total. The number of benzene rings is 1. The van der Waals surface area contributed by atoms with Gasteiger partial charge in [-0.2, -0.15) is 26.3 Å². The number of thiophene rings is 1. The minimum atomic E-state index is -4.90. The number of pyridine rings is 1. The van der Waals surface area contributed by atoms with Gasteiger partial charge in [-0.1, -0.05) is 31.0 Å². The molecule has 3 aromatic rings. The van der Waals surface area contributed by atoms with Gasteiger partial charge >= 0.3 is 12.4 Å². The fraction of sp³-hybridized carbons (Fsp3) is 0.452. The van der Waals surface area contributed by atoms with Crippen LogP contribution < -0.4 is 4.74 Å². The number of aliphatic hydroxyl groups excluding tert-OH is 1. The molecule has 1 fully saturated rings. The summed E-state index contributed by atoms with van der Waals surface area (Å²) in [6, 6.07) is 5.70. The van der Waals surface area contributed by atoms with E-state index in [0.717, 1.165) is 45.8 Å². The Kier molecular flexibility index (Phi) is 9.63. The van der Waals surface area contributed by atoms with Crippen LogP contribution in [-0.2, 0) is 30.1 Å². The Hall–Kier alpha value is -3.36. The molecule has 2 aromatic heterocycles. The van der Waals surface area contributed by atoms with E-state index in [4.69, 9.17) is 16.3 Å². The summed E-state index contributed by atoms with van der Waals surface area (Å²) in [5.74, 6) is -2.04. The summed E-state index contributed by atoms with van der Waals surface area (Å²) in [5.41, 5.74) is -2.58. The number of halogens is 7. The molecule has 2 amide bonds. The average Bonchev–Trinajstić information content (AvgIpc) is 3.49. The highest BCUT2D eigenvalue weighted by atomic mass is 35.5. The summed E-state index contributed by atoms with van der Waals surface area (Å²) < 4.78 is 88.8. The topological polar surface area (TPSA) is 83.0 Å². The third-order valence-electron chi connectivity index (χ3n) is 8.39. The van der Waals surface area contributed by atoms with Crippen LogP contribution in [0.3, 0.4) is 0 Å². The van der Waals surface area contributed by atoms with Gasteiger partial charge in [0.25, 0.3) is 11.8 Å². The molecule has 0 spiro atoms. The lowest BCUT2D eigenvalue weighted by Crippen LogP contribution is -2.69. The predicted octanol–water partition coefficient (Wildman–Crippen LogP) is 7.00. The Morgan fingerprint density at radius 1 is 1.11 bits per heavy atom. The molecular weight excluding hydrogens is 660 g/mol. The molecular formula is C31H30ClF6N3O4S. The van der Waals surface area contributed by atoms with Gasteiger partial charge in [0.05, 0.1) is 24.3 Å². The summed E-state index contributed by atoms with van der Waals surface area (Å²) in [6.45, 7) is 1.24. The van der Waals surface area contributed by atoms with Gasteiger partial charge in [0.15, 0.2) is 0 Å². The number of carbonyl (C=O) groups excluding carboxylic acids is 2. The van der Waals surface area contributed by atoms with Crippen molar-refractivity contribution in [2.24, 2.45) is 0 Å². The Bertz CT molecular complexity index is 1600. The third kappa shape index (κ3) is 6.56. The van der Waals surface area contributed by atoms with E-state index in [1.807, 2.05) is 0 Å². The second-order valence-electron chi connectivity index (χ2n) is 11.3. The molecule has 0 saturated carbocycles. The fourth-order valence-corrected chi connectivity index (χ4v) is 7.21. The zero-order chi connectivity index (χ0) is 33.4. The van der Waals surface area contributed by atoms with Crippen LogP contribution in [0.15, 0.2) is 48.0 Å². The Morgan fingerprint density at radius 2 is 1.87 bits per heavy atom. The molecule has 15 heteroatoms. The zero-order valence-corrected chi connectivity index (χ0v) is 26.1. The first kappa shape index (κ1) is 34.0. The van der Waals surface area contributed by atoms with Crippen molar-refractivity contribution in [1.82, 2.24) is 14.8 Å². The standard InChI is InChI=1S/C31H30ClF6N3O4S/c1-2-5-24-29(45-22-14-25(46-17-22)31(36,37)38,28(44)41-15-18-7-8-20(32)12-19(18)13-21(41)16-42)9-4-11-40(24)27(43)26-23(30(33,34)35)6-3-10-39-26/h3,6-8,10,12,14,17,21,24,42H,2,4-5,9,11,13,15-16H2,1H3/t21-,24-,29+/m1/s1. The van der Waals surface area contributed by atoms with Gasteiger partial charge in [-0.25, -0.2) is 0 Å². The van der Waals surface area contributed by atoms with Crippen LogP contribution >= 0.6 is 22.9 Å². The molecule has 1 saturated heterocycles. The lowest BCUT2D eigenvalue weighted by molar-refractivity contribution is -0.164. The van der Waals surface area contributed by atoms with E-state index in [9.17, 15) is 41.0 Å². The second-order valence-corrected chi connectivity index (χ2v) is 12.7. The van der Waals surface area contributed by atoms with Crippen LogP contribution in [0.2, 0.25) is 5.02 Å². The number of ether oxygens (including phenoxy) is 1. The van der Waals surface area contributed by atoms with Crippen molar-refractivity contribution in [2.45, 2.75) is 75.6 Å². The molecule has 0 radical (unpaired) electrons. The first-order valence-corrected chi connectivity index (χ1v) is 15.8. The normalized spacial score (nSPS) is 22.0. The summed E-state index contributed by atoms with van der Waals surface area (Å²) in [4.78, 5) is 34.1. The van der Waals surface area contributed by atoms with E-state index in [1.54, 1.807) is 25.1 Å². The molecule has 0 unspecified atom stereocenters. The summed E-state index contributed by atoms with van der Waals surface area (Å²) >= 11 is 6.54. The third-order valence-corrected chi connectivity index (χ3v) is 9.58. The minimum absolute atomic E-state index is 0.00433. The average molecular weight is 690 g/mol. The van der Waals surface area contributed by atoms with Gasteiger partial charge in [-0.05, 0) is 54.7 Å². The van der Waals surface area contributed by atoms with Gasteiger partial charge in [0.2, 0.25) is 5.60 Å². The van der Waals surface area contributed by atoms with Crippen molar-refractivity contribution in [2.75, 3.05) is 13.2 Å². The summed E-state index contributed by atoms with van der Waals surface area (Å²) in [5, 5.41) is 11.9. The van der Waals surface area contributed by atoms with Crippen molar-refractivity contribution >= 4 is 34.8 Å². The van der Waals surface area contributed by atoms with Crippen molar-refractivity contribution < 1.29 is 45.8 Å². The Morgan fingerprint density at radius 3 is 2.52 bits per heavy atom. The van der Waals surface area contributed by atoms with E-state index in [2.05, 4.69) is 4.98 Å². The highest BCUT2D eigenvalue weighted by molar-refractivity contribution is 7.10. The first-order valence-electron chi connectivity index (χ1n) is 14.6. The predicted molar refractivity (Wildman–Crippen MR) is 157 cm³/mol. The molecule has 4 heterocycles. The largest absolute Gasteiger partial charge is 0.474 e. The molecule has 46 heavy (non-hydrogen) atoms. The summed E-state index contributed by atoms with van der Waals surface area (Å²) in [6.07, 6.45) is -7.84. The number of carbonyl (C=O) groups is 2. The molecule has 1 N–H and O–H groups in total. The number of rotatable bonds is 7. The molecule has 5 rings (SSSR count). The van der Waals surface area contributed by atoms with Gasteiger partial charge in [-0.3, -0.25) is 14.6 Å². The number of amides is 2. The maximum Gasteiger partial charge on any atom is 0.425 e. The van der Waals surface area contributed by atoms with Gasteiger partial charge in [-0.15, -0.1) is 11.3 Å². The number of aliphatic hydroxyl groups is 1. The van der Waals surface area contributed by atoms with Gasteiger partial charge in [0.1, 0.15) is 16.3 Å². The molecule has 0 aliphatic carbocycles. The highest BCUT2D eigenvalue weighted by Crippen LogP contribution is 2.43. The monoisotopic (exact) mass is 689 g/mol. The van der Waals surface area contributed by atoms with Crippen LogP contribution in [0, 0.1) is 0 Å². The van der Waals surface area contributed by atoms with Crippen molar-refractivity contribution in [1.29, 1.82) is 0 Å². The maximum atomic E-state index is 14.9. The van der Waals surface area contributed by atoms with Crippen LogP contribution in [0.25, 0.3) is 0 Å². The fourth-order valence-electron chi connectivity index (χ4n) is 6.33. The van der Waals surface area contributed by atoms with Crippen molar-refractivity contribution in [3.05, 3.63) is 80.3 Å². The molecule has 0 bridgehead atoms. The quantitative estimate of drug-likeness (QED) is 0.270. The molecule has 3 atom stereocenters. The number of likely N-dealkylation sites (tertiary alicyclic amines) is 1. The van der Waals surface area contributed by atoms with E-state index in [0.29, 0.717) is 22.8 Å². The van der Waals surface area contributed by atoms with E-state index in [-0.39, 0.29) is 44.5 Å². The maximum absolute atomic E-state index is 14.9. The molecule has 2 aliphatic heterocycles. The molecule has 1 aromatic carbocycles.